The first-order chi connectivity index (χ1) is 15.0. The number of carbonyl (C=O) groups is 1. The van der Waals surface area contributed by atoms with Crippen molar-refractivity contribution < 1.29 is 17.9 Å². The van der Waals surface area contributed by atoms with E-state index >= 15 is 0 Å². The van der Waals surface area contributed by atoms with Gasteiger partial charge in [0.2, 0.25) is 10.0 Å². The summed E-state index contributed by atoms with van der Waals surface area (Å²) in [6, 6.07) is 17.0. The molecule has 0 aliphatic carbocycles. The third-order valence-corrected chi connectivity index (χ3v) is 8.31. The lowest BCUT2D eigenvalue weighted by Crippen LogP contribution is -2.40. The van der Waals surface area contributed by atoms with Crippen LogP contribution in [0.1, 0.15) is 48.0 Å². The molecule has 2 fully saturated rings. The minimum atomic E-state index is -3.56. The maximum Gasteiger partial charge on any atom is 0.254 e. The standard InChI is InChI=1S/C24H30N2O4S/c1-2-22(19-7-4-3-5-8-19)23-9-6-14-26(23)24(27)20-10-12-21(13-11-20)31(28,29)25-15-17-30-18-16-25/h3-5,7-8,10-13,22-23H,2,6,9,14-18H2,1H3/t22-,23-/m0/s1. The summed E-state index contributed by atoms with van der Waals surface area (Å²) in [5, 5.41) is 0. The number of morpholine rings is 1. The van der Waals surface area contributed by atoms with Crippen LogP contribution in [0.3, 0.4) is 0 Å². The Kier molecular flexibility index (Phi) is 6.74. The third-order valence-electron chi connectivity index (χ3n) is 6.40. The Bertz CT molecular complexity index is 986. The summed E-state index contributed by atoms with van der Waals surface area (Å²) < 4.78 is 32.4. The van der Waals surface area contributed by atoms with Crippen molar-refractivity contribution in [3.63, 3.8) is 0 Å². The molecule has 2 aliphatic heterocycles. The molecule has 166 valence electrons. The van der Waals surface area contributed by atoms with Crippen molar-refractivity contribution in [1.82, 2.24) is 9.21 Å². The van der Waals surface area contributed by atoms with Crippen LogP contribution in [0.2, 0.25) is 0 Å². The van der Waals surface area contributed by atoms with E-state index in [4.69, 9.17) is 4.74 Å². The molecular formula is C24H30N2O4S. The Morgan fingerprint density at radius 2 is 1.71 bits per heavy atom. The van der Waals surface area contributed by atoms with E-state index in [0.717, 1.165) is 25.8 Å². The van der Waals surface area contributed by atoms with Gasteiger partial charge in [-0.3, -0.25) is 4.79 Å². The monoisotopic (exact) mass is 442 g/mol. The molecular weight excluding hydrogens is 412 g/mol. The summed E-state index contributed by atoms with van der Waals surface area (Å²) in [4.78, 5) is 15.5. The molecule has 0 N–H and O–H groups in total. The van der Waals surface area contributed by atoms with E-state index in [0.29, 0.717) is 37.8 Å². The van der Waals surface area contributed by atoms with Gasteiger partial charge < -0.3 is 9.64 Å². The highest BCUT2D eigenvalue weighted by atomic mass is 32.2. The van der Waals surface area contributed by atoms with Crippen LogP contribution in [0.25, 0.3) is 0 Å². The van der Waals surface area contributed by atoms with Gasteiger partial charge in [-0.2, -0.15) is 4.31 Å². The van der Waals surface area contributed by atoms with Gasteiger partial charge in [0.25, 0.3) is 5.91 Å². The number of ether oxygens (including phenoxy) is 1. The summed E-state index contributed by atoms with van der Waals surface area (Å²) in [7, 11) is -3.56. The zero-order chi connectivity index (χ0) is 21.8. The highest BCUT2D eigenvalue weighted by Gasteiger charge is 2.35. The molecule has 4 rings (SSSR count). The molecule has 2 atom stereocenters. The Balaban J connectivity index is 1.52. The Labute approximate surface area is 184 Å². The highest BCUT2D eigenvalue weighted by Crippen LogP contribution is 2.34. The molecule has 2 aromatic rings. The fraction of sp³-hybridized carbons (Fsp3) is 0.458. The van der Waals surface area contributed by atoms with Gasteiger partial charge in [0.1, 0.15) is 0 Å². The Morgan fingerprint density at radius 3 is 2.35 bits per heavy atom. The van der Waals surface area contributed by atoms with Gasteiger partial charge in [-0.15, -0.1) is 0 Å². The van der Waals surface area contributed by atoms with Crippen molar-refractivity contribution in [2.24, 2.45) is 0 Å². The molecule has 0 bridgehead atoms. The minimum Gasteiger partial charge on any atom is -0.379 e. The minimum absolute atomic E-state index is 0.0211. The van der Waals surface area contributed by atoms with E-state index in [-0.39, 0.29) is 16.8 Å². The zero-order valence-corrected chi connectivity index (χ0v) is 18.8. The van der Waals surface area contributed by atoms with Crippen LogP contribution in [-0.4, -0.2) is 62.4 Å². The fourth-order valence-corrected chi connectivity index (χ4v) is 6.17. The average molecular weight is 443 g/mol. The molecule has 6 nitrogen and oxygen atoms in total. The van der Waals surface area contributed by atoms with Crippen molar-refractivity contribution in [1.29, 1.82) is 0 Å². The van der Waals surface area contributed by atoms with Crippen LogP contribution in [0, 0.1) is 0 Å². The second kappa shape index (κ2) is 9.51. The van der Waals surface area contributed by atoms with Gasteiger partial charge in [-0.25, -0.2) is 8.42 Å². The number of sulfonamides is 1. The summed E-state index contributed by atoms with van der Waals surface area (Å²) in [6.45, 7) is 4.44. The van der Waals surface area contributed by atoms with Gasteiger partial charge in [0.15, 0.2) is 0 Å². The summed E-state index contributed by atoms with van der Waals surface area (Å²) in [6.07, 6.45) is 2.95. The predicted octanol–water partition coefficient (Wildman–Crippen LogP) is 3.51. The summed E-state index contributed by atoms with van der Waals surface area (Å²) in [5.41, 5.74) is 1.80. The molecule has 1 amide bonds. The lowest BCUT2D eigenvalue weighted by molar-refractivity contribution is 0.0714. The number of likely N-dealkylation sites (tertiary alicyclic amines) is 1. The van der Waals surface area contributed by atoms with Gasteiger partial charge in [0.05, 0.1) is 18.1 Å². The second-order valence-corrected chi connectivity index (χ2v) is 10.1. The van der Waals surface area contributed by atoms with E-state index in [2.05, 4.69) is 19.1 Å². The first kappa shape index (κ1) is 22.0. The molecule has 7 heteroatoms. The maximum absolute atomic E-state index is 13.3. The van der Waals surface area contributed by atoms with Crippen molar-refractivity contribution in [2.45, 2.75) is 43.0 Å². The van der Waals surface area contributed by atoms with Crippen molar-refractivity contribution in [3.8, 4) is 0 Å². The predicted molar refractivity (Wildman–Crippen MR) is 120 cm³/mol. The molecule has 0 unspecified atom stereocenters. The summed E-state index contributed by atoms with van der Waals surface area (Å²) in [5.74, 6) is 0.279. The number of hydrogen-bond donors (Lipinski definition) is 0. The molecule has 2 aromatic carbocycles. The van der Waals surface area contributed by atoms with E-state index in [9.17, 15) is 13.2 Å². The Hall–Kier alpha value is -2.22. The van der Waals surface area contributed by atoms with Crippen LogP contribution in [0.4, 0.5) is 0 Å². The molecule has 0 aromatic heterocycles. The van der Waals surface area contributed by atoms with Crippen LogP contribution in [0.15, 0.2) is 59.5 Å². The molecule has 0 radical (unpaired) electrons. The van der Waals surface area contributed by atoms with Crippen LogP contribution in [-0.2, 0) is 14.8 Å². The number of benzene rings is 2. The third kappa shape index (κ3) is 4.54. The highest BCUT2D eigenvalue weighted by molar-refractivity contribution is 7.89. The molecule has 2 aliphatic rings. The van der Waals surface area contributed by atoms with Crippen LogP contribution < -0.4 is 0 Å². The maximum atomic E-state index is 13.3. The quantitative estimate of drug-likeness (QED) is 0.687. The molecule has 2 heterocycles. The molecule has 0 saturated carbocycles. The van der Waals surface area contributed by atoms with Crippen LogP contribution in [0.5, 0.6) is 0 Å². The normalized spacial score (nSPS) is 21.2. The van der Waals surface area contributed by atoms with Crippen molar-refractivity contribution in [3.05, 3.63) is 65.7 Å². The number of amides is 1. The van der Waals surface area contributed by atoms with Crippen molar-refractivity contribution >= 4 is 15.9 Å². The first-order valence-corrected chi connectivity index (χ1v) is 12.5. The second-order valence-electron chi connectivity index (χ2n) is 8.17. The lowest BCUT2D eigenvalue weighted by atomic mass is 9.87. The van der Waals surface area contributed by atoms with E-state index < -0.39 is 10.0 Å². The molecule has 31 heavy (non-hydrogen) atoms. The smallest absolute Gasteiger partial charge is 0.254 e. The zero-order valence-electron chi connectivity index (χ0n) is 17.9. The number of nitrogens with zero attached hydrogens (tertiary/aromatic N) is 2. The number of carbonyl (C=O) groups excluding carboxylic acids is 1. The van der Waals surface area contributed by atoms with Gasteiger partial charge >= 0.3 is 0 Å². The SMILES string of the molecule is CC[C@@H](c1ccccc1)[C@@H]1CCCN1C(=O)c1ccc(S(=O)(=O)N2CCOCC2)cc1. The summed E-state index contributed by atoms with van der Waals surface area (Å²) >= 11 is 0. The fourth-order valence-electron chi connectivity index (χ4n) is 4.76. The van der Waals surface area contributed by atoms with E-state index in [1.807, 2.05) is 23.1 Å². The first-order valence-electron chi connectivity index (χ1n) is 11.1. The largest absolute Gasteiger partial charge is 0.379 e. The molecule has 2 saturated heterocycles. The topological polar surface area (TPSA) is 66.9 Å². The van der Waals surface area contributed by atoms with Gasteiger partial charge in [-0.1, -0.05) is 37.3 Å². The van der Waals surface area contributed by atoms with E-state index in [1.54, 1.807) is 24.3 Å². The number of rotatable bonds is 6. The molecule has 0 spiro atoms. The van der Waals surface area contributed by atoms with Gasteiger partial charge in [0, 0.05) is 37.2 Å². The number of hydrogen-bond acceptors (Lipinski definition) is 4. The van der Waals surface area contributed by atoms with Crippen molar-refractivity contribution in [2.75, 3.05) is 32.8 Å². The Morgan fingerprint density at radius 1 is 1.03 bits per heavy atom. The van der Waals surface area contributed by atoms with Gasteiger partial charge in [-0.05, 0) is 49.1 Å². The van der Waals surface area contributed by atoms with Crippen LogP contribution >= 0.6 is 0 Å². The average Bonchev–Trinajstić information content (AvgIpc) is 3.30. The lowest BCUT2D eigenvalue weighted by Gasteiger charge is -2.32. The van der Waals surface area contributed by atoms with E-state index in [1.165, 1.54) is 9.87 Å².